The Bertz CT molecular complexity index is 530. The van der Waals surface area contributed by atoms with Crippen molar-refractivity contribution in [1.82, 2.24) is 4.31 Å². The van der Waals surface area contributed by atoms with Gasteiger partial charge in [-0.2, -0.15) is 4.31 Å². The summed E-state index contributed by atoms with van der Waals surface area (Å²) in [6, 6.07) is 8.45. The van der Waals surface area contributed by atoms with E-state index >= 15 is 0 Å². The summed E-state index contributed by atoms with van der Waals surface area (Å²) >= 11 is 0. The van der Waals surface area contributed by atoms with Gasteiger partial charge >= 0.3 is 0 Å². The number of hydrogen-bond acceptors (Lipinski definition) is 3. The van der Waals surface area contributed by atoms with Crippen LogP contribution in [0.3, 0.4) is 0 Å². The number of sulfonamides is 1. The number of ether oxygens (including phenoxy) is 1. The van der Waals surface area contributed by atoms with Crippen LogP contribution in [0.2, 0.25) is 0 Å². The van der Waals surface area contributed by atoms with Gasteiger partial charge < -0.3 is 4.74 Å². The fourth-order valence-corrected chi connectivity index (χ4v) is 3.08. The third kappa shape index (κ3) is 4.30. The zero-order valence-corrected chi connectivity index (χ0v) is 14.0. The molecular formula is C15H25NO3S. The third-order valence-corrected chi connectivity index (χ3v) is 5.20. The average Bonchev–Trinajstić information content (AvgIpc) is 2.36. The second-order valence-corrected chi connectivity index (χ2v) is 8.47. The summed E-state index contributed by atoms with van der Waals surface area (Å²) in [5.74, 6) is 0. The summed E-state index contributed by atoms with van der Waals surface area (Å²) in [6.45, 7) is 9.91. The van der Waals surface area contributed by atoms with E-state index in [0.717, 1.165) is 0 Å². The Morgan fingerprint density at radius 1 is 1.05 bits per heavy atom. The highest BCUT2D eigenvalue weighted by Gasteiger charge is 2.35. The fourth-order valence-electron chi connectivity index (χ4n) is 1.56. The Labute approximate surface area is 122 Å². The molecule has 0 atom stereocenters. The molecule has 0 aliphatic carbocycles. The maximum absolute atomic E-state index is 12.6. The quantitative estimate of drug-likeness (QED) is 0.840. The van der Waals surface area contributed by atoms with Crippen LogP contribution >= 0.6 is 0 Å². The molecule has 0 bridgehead atoms. The van der Waals surface area contributed by atoms with Gasteiger partial charge in [-0.1, -0.05) is 18.2 Å². The first-order chi connectivity index (χ1) is 8.97. The number of rotatable bonds is 5. The molecule has 114 valence electrons. The summed E-state index contributed by atoms with van der Waals surface area (Å²) in [4.78, 5) is 0.298. The molecule has 0 unspecified atom stereocenters. The second kappa shape index (κ2) is 5.84. The highest BCUT2D eigenvalue weighted by molar-refractivity contribution is 7.89. The summed E-state index contributed by atoms with van der Waals surface area (Å²) in [5, 5.41) is 0. The van der Waals surface area contributed by atoms with Gasteiger partial charge in [0.05, 0.1) is 22.6 Å². The molecule has 0 N–H and O–H groups in total. The van der Waals surface area contributed by atoms with Crippen LogP contribution in [0.25, 0.3) is 0 Å². The van der Waals surface area contributed by atoms with Gasteiger partial charge in [-0.3, -0.25) is 0 Å². The Hall–Kier alpha value is -0.910. The Balaban J connectivity index is 2.95. The van der Waals surface area contributed by atoms with Crippen molar-refractivity contribution in [2.45, 2.75) is 50.7 Å². The average molecular weight is 299 g/mol. The maximum Gasteiger partial charge on any atom is 0.243 e. The minimum Gasteiger partial charge on any atom is -0.374 e. The van der Waals surface area contributed by atoms with Crippen LogP contribution in [-0.4, -0.2) is 37.5 Å². The highest BCUT2D eigenvalue weighted by atomic mass is 32.2. The lowest BCUT2D eigenvalue weighted by Gasteiger charge is -2.36. The molecule has 0 aromatic heterocycles. The van der Waals surface area contributed by atoms with Crippen LogP contribution in [0.15, 0.2) is 35.2 Å². The molecule has 20 heavy (non-hydrogen) atoms. The van der Waals surface area contributed by atoms with Crippen LogP contribution in [0.5, 0.6) is 0 Å². The molecule has 0 aliphatic heterocycles. The maximum atomic E-state index is 12.6. The predicted octanol–water partition coefficient (Wildman–Crippen LogP) is 2.90. The Kier molecular flexibility index (Phi) is 5.00. The second-order valence-electron chi connectivity index (χ2n) is 6.50. The number of benzene rings is 1. The van der Waals surface area contributed by atoms with Gasteiger partial charge in [-0.15, -0.1) is 0 Å². The van der Waals surface area contributed by atoms with Crippen LogP contribution in [0.4, 0.5) is 0 Å². The van der Waals surface area contributed by atoms with Crippen molar-refractivity contribution >= 4 is 10.0 Å². The number of nitrogens with zero attached hydrogens (tertiary/aromatic N) is 1. The van der Waals surface area contributed by atoms with Gasteiger partial charge in [-0.05, 0) is 46.8 Å². The molecule has 0 spiro atoms. The molecule has 1 rings (SSSR count). The van der Waals surface area contributed by atoms with Gasteiger partial charge in [0.2, 0.25) is 10.0 Å². The first-order valence-electron chi connectivity index (χ1n) is 6.65. The summed E-state index contributed by atoms with van der Waals surface area (Å²) in [5.41, 5.74) is -0.920. The van der Waals surface area contributed by atoms with Gasteiger partial charge in [0.1, 0.15) is 0 Å². The minimum atomic E-state index is -3.51. The normalized spacial score (nSPS) is 13.8. The first-order valence-corrected chi connectivity index (χ1v) is 8.09. The van der Waals surface area contributed by atoms with E-state index in [1.807, 2.05) is 34.6 Å². The molecule has 0 saturated carbocycles. The zero-order valence-electron chi connectivity index (χ0n) is 13.2. The molecule has 5 heteroatoms. The van der Waals surface area contributed by atoms with Crippen molar-refractivity contribution in [3.63, 3.8) is 0 Å². The lowest BCUT2D eigenvalue weighted by molar-refractivity contribution is -0.0420. The van der Waals surface area contributed by atoms with Gasteiger partial charge in [0, 0.05) is 7.05 Å². The summed E-state index contributed by atoms with van der Waals surface area (Å²) in [7, 11) is -1.92. The number of hydrogen-bond donors (Lipinski definition) is 0. The molecule has 0 heterocycles. The van der Waals surface area contributed by atoms with E-state index in [-0.39, 0.29) is 5.60 Å². The van der Waals surface area contributed by atoms with Crippen molar-refractivity contribution in [3.05, 3.63) is 30.3 Å². The van der Waals surface area contributed by atoms with E-state index in [2.05, 4.69) is 0 Å². The van der Waals surface area contributed by atoms with Crippen LogP contribution < -0.4 is 0 Å². The first kappa shape index (κ1) is 17.1. The molecule has 4 nitrogen and oxygen atoms in total. The van der Waals surface area contributed by atoms with Gasteiger partial charge in [0.15, 0.2) is 0 Å². The SMILES string of the molecule is CN(C(C)(C)COC(C)(C)C)S(=O)(=O)c1ccccc1. The van der Waals surface area contributed by atoms with E-state index in [9.17, 15) is 8.42 Å². The topological polar surface area (TPSA) is 46.6 Å². The predicted molar refractivity (Wildman–Crippen MR) is 81.2 cm³/mol. The van der Waals surface area contributed by atoms with Crippen molar-refractivity contribution in [3.8, 4) is 0 Å². The molecular weight excluding hydrogens is 274 g/mol. The van der Waals surface area contributed by atoms with E-state index in [4.69, 9.17) is 4.74 Å². The Morgan fingerprint density at radius 2 is 1.55 bits per heavy atom. The largest absolute Gasteiger partial charge is 0.374 e. The fraction of sp³-hybridized carbons (Fsp3) is 0.600. The molecule has 0 radical (unpaired) electrons. The van der Waals surface area contributed by atoms with Gasteiger partial charge in [-0.25, -0.2) is 8.42 Å². The van der Waals surface area contributed by atoms with Crippen molar-refractivity contribution in [2.75, 3.05) is 13.7 Å². The van der Waals surface area contributed by atoms with Crippen LogP contribution in [0, 0.1) is 0 Å². The standard InChI is InChI=1S/C15H25NO3S/c1-14(2,3)19-12-15(4,5)16(6)20(17,18)13-10-8-7-9-11-13/h7-11H,12H2,1-6H3. The lowest BCUT2D eigenvalue weighted by Crippen LogP contribution is -2.49. The van der Waals surface area contributed by atoms with E-state index in [1.54, 1.807) is 37.4 Å². The van der Waals surface area contributed by atoms with Gasteiger partial charge in [0.25, 0.3) is 0 Å². The lowest BCUT2D eigenvalue weighted by atomic mass is 10.1. The van der Waals surface area contributed by atoms with Crippen LogP contribution in [-0.2, 0) is 14.8 Å². The van der Waals surface area contributed by atoms with E-state index in [0.29, 0.717) is 11.5 Å². The third-order valence-electron chi connectivity index (χ3n) is 3.11. The number of likely N-dealkylation sites (N-methyl/N-ethyl adjacent to an activating group) is 1. The Morgan fingerprint density at radius 3 is 2.00 bits per heavy atom. The van der Waals surface area contributed by atoms with Crippen molar-refractivity contribution in [2.24, 2.45) is 0 Å². The van der Waals surface area contributed by atoms with E-state index in [1.165, 1.54) is 4.31 Å². The van der Waals surface area contributed by atoms with Crippen molar-refractivity contribution in [1.29, 1.82) is 0 Å². The molecule has 1 aromatic carbocycles. The molecule has 0 amide bonds. The molecule has 0 aliphatic rings. The smallest absolute Gasteiger partial charge is 0.243 e. The summed E-state index contributed by atoms with van der Waals surface area (Å²) in [6.07, 6.45) is 0. The summed E-state index contributed by atoms with van der Waals surface area (Å²) < 4.78 is 32.3. The molecule has 0 saturated heterocycles. The van der Waals surface area contributed by atoms with E-state index < -0.39 is 15.6 Å². The molecule has 0 fully saturated rings. The molecule has 1 aromatic rings. The monoisotopic (exact) mass is 299 g/mol. The zero-order chi connectivity index (χ0) is 15.6. The van der Waals surface area contributed by atoms with Crippen molar-refractivity contribution < 1.29 is 13.2 Å². The highest BCUT2D eigenvalue weighted by Crippen LogP contribution is 2.24. The minimum absolute atomic E-state index is 0.297. The van der Waals surface area contributed by atoms with Crippen LogP contribution in [0.1, 0.15) is 34.6 Å².